The minimum atomic E-state index is -4.40. The minimum Gasteiger partial charge on any atom is -0.484 e. The number of aromatic nitrogens is 3. The van der Waals surface area contributed by atoms with E-state index in [0.29, 0.717) is 23.9 Å². The van der Waals surface area contributed by atoms with Crippen molar-refractivity contribution in [1.82, 2.24) is 25.8 Å². The Kier molecular flexibility index (Phi) is 9.29. The maximum absolute atomic E-state index is 12.5. The molecule has 0 bridgehead atoms. The van der Waals surface area contributed by atoms with Crippen molar-refractivity contribution in [2.45, 2.75) is 26.2 Å². The van der Waals surface area contributed by atoms with Crippen molar-refractivity contribution in [3.05, 3.63) is 65.5 Å². The van der Waals surface area contributed by atoms with Crippen LogP contribution in [0.5, 0.6) is 5.75 Å². The van der Waals surface area contributed by atoms with Gasteiger partial charge in [-0.3, -0.25) is 10.1 Å². The number of guanidine groups is 1. The van der Waals surface area contributed by atoms with Gasteiger partial charge in [0, 0.05) is 31.3 Å². The molecule has 172 valence electrons. The van der Waals surface area contributed by atoms with Crippen LogP contribution < -0.4 is 15.4 Å². The smallest absolute Gasteiger partial charge is 0.422 e. The van der Waals surface area contributed by atoms with E-state index in [1.165, 1.54) is 6.33 Å². The lowest BCUT2D eigenvalue weighted by molar-refractivity contribution is -0.153. The number of hydrogen-bond donors (Lipinski definition) is 3. The molecule has 0 radical (unpaired) electrons. The predicted molar refractivity (Wildman–Crippen MR) is 127 cm³/mol. The molecule has 0 saturated carbocycles. The second-order valence-electron chi connectivity index (χ2n) is 6.83. The number of aromatic amines is 1. The number of aryl methyl sites for hydroxylation is 1. The van der Waals surface area contributed by atoms with Gasteiger partial charge in [0.15, 0.2) is 18.4 Å². The van der Waals surface area contributed by atoms with Crippen LogP contribution in [-0.2, 0) is 13.1 Å². The van der Waals surface area contributed by atoms with Crippen LogP contribution >= 0.6 is 24.0 Å². The largest absolute Gasteiger partial charge is 0.484 e. The number of halogens is 4. The average Bonchev–Trinajstić information content (AvgIpc) is 3.28. The second-order valence-corrected chi connectivity index (χ2v) is 6.83. The van der Waals surface area contributed by atoms with E-state index < -0.39 is 12.8 Å². The van der Waals surface area contributed by atoms with Gasteiger partial charge < -0.3 is 15.4 Å². The molecule has 2 aromatic carbocycles. The number of aliphatic imine (C=N–C) groups is 1. The monoisotopic (exact) mass is 560 g/mol. The summed E-state index contributed by atoms with van der Waals surface area (Å²) in [5.74, 6) is 1.38. The highest BCUT2D eigenvalue weighted by molar-refractivity contribution is 14.0. The molecule has 0 aliphatic carbocycles. The van der Waals surface area contributed by atoms with Crippen molar-refractivity contribution < 1.29 is 17.9 Å². The van der Waals surface area contributed by atoms with Gasteiger partial charge in [-0.25, -0.2) is 4.98 Å². The van der Waals surface area contributed by atoms with Crippen LogP contribution in [0.15, 0.2) is 53.8 Å². The summed E-state index contributed by atoms with van der Waals surface area (Å²) in [5.41, 5.74) is 3.33. The fraction of sp³-hybridized carbons (Fsp3) is 0.286. The first kappa shape index (κ1) is 25.4. The lowest BCUT2D eigenvalue weighted by atomic mass is 10.1. The third-order valence-electron chi connectivity index (χ3n) is 4.36. The summed E-state index contributed by atoms with van der Waals surface area (Å²) in [4.78, 5) is 8.31. The highest BCUT2D eigenvalue weighted by Gasteiger charge is 2.28. The lowest BCUT2D eigenvalue weighted by Crippen LogP contribution is -2.36. The molecule has 0 aliphatic rings. The SMILES string of the molecule is CN=C(NCc1cccc(-c2ncn[nH]2)c1)NCc1ccc(C)cc1OCC(F)(F)F.I. The fourth-order valence-electron chi connectivity index (χ4n) is 2.86. The number of ether oxygens (including phenoxy) is 1. The van der Waals surface area contributed by atoms with E-state index in [1.807, 2.05) is 30.3 Å². The molecule has 0 unspecified atom stereocenters. The molecule has 11 heteroatoms. The van der Waals surface area contributed by atoms with Gasteiger partial charge in [-0.1, -0.05) is 30.3 Å². The molecule has 0 aliphatic heterocycles. The lowest BCUT2D eigenvalue weighted by Gasteiger charge is -2.16. The summed E-state index contributed by atoms with van der Waals surface area (Å²) in [5, 5.41) is 13.0. The van der Waals surface area contributed by atoms with E-state index in [-0.39, 0.29) is 36.3 Å². The van der Waals surface area contributed by atoms with Crippen LogP contribution in [0.3, 0.4) is 0 Å². The van der Waals surface area contributed by atoms with E-state index in [9.17, 15) is 13.2 Å². The van der Waals surface area contributed by atoms with Crippen LogP contribution in [-0.4, -0.2) is 41.0 Å². The Balaban J connectivity index is 0.00000363. The molecule has 0 atom stereocenters. The molecule has 0 saturated heterocycles. The molecule has 32 heavy (non-hydrogen) atoms. The number of nitrogens with one attached hydrogen (secondary N) is 3. The highest BCUT2D eigenvalue weighted by Crippen LogP contribution is 2.23. The Bertz CT molecular complexity index is 1020. The molecule has 3 rings (SSSR count). The Morgan fingerprint density at radius 2 is 1.91 bits per heavy atom. The van der Waals surface area contributed by atoms with Crippen molar-refractivity contribution >= 4 is 29.9 Å². The number of nitrogens with zero attached hydrogens (tertiary/aromatic N) is 3. The number of alkyl halides is 3. The van der Waals surface area contributed by atoms with Gasteiger partial charge in [0.1, 0.15) is 12.1 Å². The molecule has 1 aromatic heterocycles. The minimum absolute atomic E-state index is 0. The quantitative estimate of drug-likeness (QED) is 0.229. The van der Waals surface area contributed by atoms with E-state index in [4.69, 9.17) is 4.74 Å². The maximum atomic E-state index is 12.5. The topological polar surface area (TPSA) is 87.2 Å². The first-order chi connectivity index (χ1) is 14.8. The van der Waals surface area contributed by atoms with E-state index >= 15 is 0 Å². The van der Waals surface area contributed by atoms with E-state index in [0.717, 1.165) is 16.7 Å². The van der Waals surface area contributed by atoms with Crippen molar-refractivity contribution in [3.63, 3.8) is 0 Å². The number of rotatable bonds is 7. The molecular formula is C21H24F3IN6O. The first-order valence-corrected chi connectivity index (χ1v) is 9.52. The standard InChI is InChI=1S/C21H23F3N6O.HI/c1-14-6-7-17(18(8-14)31-12-21(22,23)24)11-27-20(25-2)26-10-15-4-3-5-16(9-15)19-28-13-29-30-19;/h3-9,13H,10-12H2,1-2H3,(H2,25,26,27)(H,28,29,30);1H. The van der Waals surface area contributed by atoms with Crippen molar-refractivity contribution in [2.75, 3.05) is 13.7 Å². The third-order valence-corrected chi connectivity index (χ3v) is 4.36. The van der Waals surface area contributed by atoms with Crippen molar-refractivity contribution in [2.24, 2.45) is 4.99 Å². The molecule has 7 nitrogen and oxygen atoms in total. The zero-order chi connectivity index (χ0) is 22.3. The van der Waals surface area contributed by atoms with E-state index in [2.05, 4.69) is 30.8 Å². The number of H-pyrrole nitrogens is 1. The molecule has 3 N–H and O–H groups in total. The predicted octanol–water partition coefficient (Wildman–Crippen LogP) is 4.20. The summed E-state index contributed by atoms with van der Waals surface area (Å²) in [7, 11) is 1.62. The number of hydrogen-bond acceptors (Lipinski definition) is 4. The van der Waals surface area contributed by atoms with Crippen molar-refractivity contribution in [3.8, 4) is 17.1 Å². The van der Waals surface area contributed by atoms with Gasteiger partial charge in [0.2, 0.25) is 0 Å². The highest BCUT2D eigenvalue weighted by atomic mass is 127. The Labute approximate surface area is 200 Å². The summed E-state index contributed by atoms with van der Waals surface area (Å²) in [6.45, 7) is 1.21. The first-order valence-electron chi connectivity index (χ1n) is 9.52. The number of benzene rings is 2. The molecule has 3 aromatic rings. The van der Waals surface area contributed by atoms with Crippen LogP contribution in [0.4, 0.5) is 13.2 Å². The van der Waals surface area contributed by atoms with Gasteiger partial charge in [-0.05, 0) is 30.2 Å². The summed E-state index contributed by atoms with van der Waals surface area (Å²) >= 11 is 0. The van der Waals surface area contributed by atoms with Gasteiger partial charge >= 0.3 is 6.18 Å². The molecule has 1 heterocycles. The summed E-state index contributed by atoms with van der Waals surface area (Å²) in [6.07, 6.45) is -2.95. The van der Waals surface area contributed by atoms with Gasteiger partial charge in [-0.15, -0.1) is 24.0 Å². The zero-order valence-electron chi connectivity index (χ0n) is 17.5. The zero-order valence-corrected chi connectivity index (χ0v) is 19.9. The van der Waals surface area contributed by atoms with Crippen LogP contribution in [0, 0.1) is 6.92 Å². The summed E-state index contributed by atoms with van der Waals surface area (Å²) in [6, 6.07) is 12.9. The van der Waals surface area contributed by atoms with Crippen LogP contribution in [0.25, 0.3) is 11.4 Å². The van der Waals surface area contributed by atoms with Crippen LogP contribution in [0.2, 0.25) is 0 Å². The van der Waals surface area contributed by atoms with Gasteiger partial charge in [-0.2, -0.15) is 18.3 Å². The molecular weight excluding hydrogens is 536 g/mol. The Morgan fingerprint density at radius 1 is 1.12 bits per heavy atom. The molecule has 0 fully saturated rings. The Morgan fingerprint density at radius 3 is 2.59 bits per heavy atom. The second kappa shape index (κ2) is 11.7. The molecule has 0 amide bonds. The molecule has 0 spiro atoms. The van der Waals surface area contributed by atoms with Gasteiger partial charge in [0.05, 0.1) is 0 Å². The van der Waals surface area contributed by atoms with Gasteiger partial charge in [0.25, 0.3) is 0 Å². The van der Waals surface area contributed by atoms with Crippen LogP contribution in [0.1, 0.15) is 16.7 Å². The fourth-order valence-corrected chi connectivity index (χ4v) is 2.86. The van der Waals surface area contributed by atoms with Crippen molar-refractivity contribution in [1.29, 1.82) is 0 Å². The normalized spacial score (nSPS) is 11.6. The average molecular weight is 560 g/mol. The third kappa shape index (κ3) is 7.70. The maximum Gasteiger partial charge on any atom is 0.422 e. The Hall–Kier alpha value is -2.83. The van der Waals surface area contributed by atoms with E-state index in [1.54, 1.807) is 26.1 Å². The summed E-state index contributed by atoms with van der Waals surface area (Å²) < 4.78 is 42.6.